The molecule has 1 aromatic rings. The molecule has 0 saturated heterocycles. The molecule has 1 rings (SSSR count). The summed E-state index contributed by atoms with van der Waals surface area (Å²) in [5, 5.41) is 7.80. The quantitative estimate of drug-likeness (QED) is 0.0904. The van der Waals surface area contributed by atoms with Gasteiger partial charge in [-0.25, -0.2) is 0 Å². The predicted molar refractivity (Wildman–Crippen MR) is 139 cm³/mol. The van der Waals surface area contributed by atoms with Crippen molar-refractivity contribution in [1.82, 2.24) is 16.0 Å². The molecule has 0 aliphatic heterocycles. The average Bonchev–Trinajstić information content (AvgIpc) is 2.86. The molecule has 0 fully saturated rings. The van der Waals surface area contributed by atoms with Crippen molar-refractivity contribution in [3.63, 3.8) is 0 Å². The van der Waals surface area contributed by atoms with Crippen molar-refractivity contribution in [2.24, 2.45) is 22.9 Å². The predicted octanol–water partition coefficient (Wildman–Crippen LogP) is -1.78. The van der Waals surface area contributed by atoms with Crippen molar-refractivity contribution in [3.8, 4) is 11.8 Å². The van der Waals surface area contributed by atoms with Gasteiger partial charge in [-0.05, 0) is 50.1 Å². The Kier molecular flexibility index (Phi) is 17.3. The van der Waals surface area contributed by atoms with Crippen LogP contribution in [-0.2, 0) is 20.8 Å². The molecule has 0 aliphatic rings. The summed E-state index contributed by atoms with van der Waals surface area (Å²) in [5.74, 6) is 4.37. The highest BCUT2D eigenvalue weighted by Gasteiger charge is 2.24. The van der Waals surface area contributed by atoms with E-state index >= 15 is 0 Å². The second-order valence-corrected chi connectivity index (χ2v) is 7.31. The van der Waals surface area contributed by atoms with Crippen LogP contribution in [0.2, 0.25) is 0 Å². The first-order chi connectivity index (χ1) is 16.3. The van der Waals surface area contributed by atoms with Crippen LogP contribution in [0.1, 0.15) is 30.9 Å². The van der Waals surface area contributed by atoms with Crippen LogP contribution in [0.5, 0.6) is 0 Å². The van der Waals surface area contributed by atoms with Gasteiger partial charge < -0.3 is 38.9 Å². The minimum Gasteiger partial charge on any atom is -0.354 e. The lowest BCUT2D eigenvalue weighted by atomic mass is 10.1. The van der Waals surface area contributed by atoms with E-state index in [4.69, 9.17) is 22.9 Å². The fourth-order valence-electron chi connectivity index (χ4n) is 2.77. The van der Waals surface area contributed by atoms with Gasteiger partial charge in [-0.1, -0.05) is 18.1 Å². The van der Waals surface area contributed by atoms with Crippen LogP contribution >= 0.6 is 12.6 Å². The van der Waals surface area contributed by atoms with Crippen LogP contribution in [0.4, 0.5) is 0 Å². The molecule has 11 N–H and O–H groups in total. The highest BCUT2D eigenvalue weighted by atomic mass is 32.1. The van der Waals surface area contributed by atoms with E-state index in [1.54, 1.807) is 13.2 Å². The minimum atomic E-state index is -1.02. The second kappa shape index (κ2) is 18.8. The summed E-state index contributed by atoms with van der Waals surface area (Å²) in [5.41, 5.74) is 24.1. The van der Waals surface area contributed by atoms with Crippen LogP contribution in [0.15, 0.2) is 24.3 Å². The first-order valence-electron chi connectivity index (χ1n) is 11.1. The summed E-state index contributed by atoms with van der Waals surface area (Å²) in [6.07, 6.45) is 4.15. The standard InChI is InChI=1S/C22H35N7O3.CH4S/c1-2-6-15-8-5-9-16(11-15)7-3-4-10-27-22(32)19(29-21(31)18(26)13-24)14-28-20(30)17(25)12-23;1-2/h5,8-9,11,17-19H,3-4,7,10,12-14,23-26H2,1H3,(H,27,32)(H,28,30)(H,29,31);2H,1H3. The van der Waals surface area contributed by atoms with Gasteiger partial charge in [0.05, 0.1) is 12.1 Å². The van der Waals surface area contributed by atoms with Gasteiger partial charge in [-0.2, -0.15) is 12.6 Å². The molecule has 0 spiro atoms. The molecule has 1 aromatic carbocycles. The Morgan fingerprint density at radius 3 is 2.24 bits per heavy atom. The summed E-state index contributed by atoms with van der Waals surface area (Å²) < 4.78 is 0. The van der Waals surface area contributed by atoms with Gasteiger partial charge in [-0.15, -0.1) is 5.92 Å². The number of thiol groups is 1. The van der Waals surface area contributed by atoms with Gasteiger partial charge in [0, 0.05) is 31.7 Å². The zero-order valence-electron chi connectivity index (χ0n) is 20.0. The van der Waals surface area contributed by atoms with Gasteiger partial charge in [0.15, 0.2) is 0 Å². The number of rotatable bonds is 13. The molecule has 0 bridgehead atoms. The third-order valence-electron chi connectivity index (χ3n) is 4.68. The lowest BCUT2D eigenvalue weighted by molar-refractivity contribution is -0.130. The molecule has 0 heterocycles. The molecule has 34 heavy (non-hydrogen) atoms. The fourth-order valence-corrected chi connectivity index (χ4v) is 2.77. The molecule has 3 unspecified atom stereocenters. The molecule has 0 aromatic heterocycles. The Balaban J connectivity index is 0.00000529. The maximum absolute atomic E-state index is 12.6. The molecular weight excluding hydrogens is 454 g/mol. The molecule has 11 heteroatoms. The number of nitrogens with two attached hydrogens (primary N) is 4. The molecule has 10 nitrogen and oxygen atoms in total. The monoisotopic (exact) mass is 493 g/mol. The second-order valence-electron chi connectivity index (χ2n) is 7.31. The third-order valence-corrected chi connectivity index (χ3v) is 4.68. The SMILES string of the molecule is CC#Cc1cccc(CCCCNC(=O)C(CNC(=O)C(N)CN)NC(=O)C(N)CN)c1.CS. The number of unbranched alkanes of at least 4 members (excludes halogenated alkanes) is 1. The van der Waals surface area contributed by atoms with Crippen molar-refractivity contribution in [3.05, 3.63) is 35.4 Å². The Morgan fingerprint density at radius 1 is 0.971 bits per heavy atom. The van der Waals surface area contributed by atoms with Gasteiger partial charge >= 0.3 is 0 Å². The van der Waals surface area contributed by atoms with E-state index in [9.17, 15) is 14.4 Å². The first kappa shape index (κ1) is 31.4. The van der Waals surface area contributed by atoms with Crippen molar-refractivity contribution >= 4 is 30.4 Å². The Hall–Kier alpha value is -2.62. The maximum atomic E-state index is 12.6. The van der Waals surface area contributed by atoms with E-state index in [2.05, 4.69) is 46.5 Å². The molecule has 3 atom stereocenters. The van der Waals surface area contributed by atoms with Crippen LogP contribution in [0, 0.1) is 11.8 Å². The molecule has 3 amide bonds. The van der Waals surface area contributed by atoms with Crippen molar-refractivity contribution < 1.29 is 14.4 Å². The van der Waals surface area contributed by atoms with E-state index in [0.29, 0.717) is 6.54 Å². The van der Waals surface area contributed by atoms with Crippen LogP contribution in [0.25, 0.3) is 0 Å². The van der Waals surface area contributed by atoms with Crippen molar-refractivity contribution in [1.29, 1.82) is 0 Å². The maximum Gasteiger partial charge on any atom is 0.244 e. The summed E-state index contributed by atoms with van der Waals surface area (Å²) in [4.78, 5) is 36.5. The molecule has 0 saturated carbocycles. The zero-order chi connectivity index (χ0) is 25.9. The number of hydrogen-bond donors (Lipinski definition) is 8. The highest BCUT2D eigenvalue weighted by Crippen LogP contribution is 2.08. The number of carbonyl (C=O) groups is 3. The number of amides is 3. The number of carbonyl (C=O) groups excluding carboxylic acids is 3. The summed E-state index contributed by atoms with van der Waals surface area (Å²) in [7, 11) is 0. The largest absolute Gasteiger partial charge is 0.354 e. The van der Waals surface area contributed by atoms with E-state index in [1.807, 2.05) is 18.2 Å². The van der Waals surface area contributed by atoms with Crippen LogP contribution in [-0.4, -0.2) is 68.3 Å². The minimum absolute atomic E-state index is 0.0406. The Morgan fingerprint density at radius 2 is 1.62 bits per heavy atom. The fraction of sp³-hybridized carbons (Fsp3) is 0.522. The van der Waals surface area contributed by atoms with Crippen molar-refractivity contribution in [2.45, 2.75) is 44.3 Å². The number of hydrogen-bond acceptors (Lipinski definition) is 8. The van der Waals surface area contributed by atoms with Gasteiger partial charge in [-0.3, -0.25) is 14.4 Å². The van der Waals surface area contributed by atoms with Gasteiger partial charge in [0.2, 0.25) is 17.7 Å². The molecule has 0 radical (unpaired) electrons. The van der Waals surface area contributed by atoms with E-state index in [1.165, 1.54) is 5.56 Å². The summed E-state index contributed by atoms with van der Waals surface area (Å²) in [6, 6.07) is 5.16. The van der Waals surface area contributed by atoms with Gasteiger partial charge in [0.25, 0.3) is 0 Å². The zero-order valence-corrected chi connectivity index (χ0v) is 20.9. The van der Waals surface area contributed by atoms with E-state index < -0.39 is 35.8 Å². The summed E-state index contributed by atoms with van der Waals surface area (Å²) in [6.45, 7) is 1.95. The third kappa shape index (κ3) is 12.6. The number of aryl methyl sites for hydroxylation is 1. The topological polar surface area (TPSA) is 191 Å². The lowest BCUT2D eigenvalue weighted by Crippen LogP contribution is -2.58. The lowest BCUT2D eigenvalue weighted by Gasteiger charge is -2.21. The van der Waals surface area contributed by atoms with E-state index in [0.717, 1.165) is 24.8 Å². The molecular formula is C23H39N7O3S. The summed E-state index contributed by atoms with van der Waals surface area (Å²) >= 11 is 3.53. The Bertz CT molecular complexity index is 826. The normalized spacial score (nSPS) is 12.6. The smallest absolute Gasteiger partial charge is 0.244 e. The van der Waals surface area contributed by atoms with Crippen LogP contribution < -0.4 is 38.9 Å². The Labute approximate surface area is 207 Å². The number of nitrogens with one attached hydrogen (secondary N) is 3. The highest BCUT2D eigenvalue weighted by molar-refractivity contribution is 7.79. The van der Waals surface area contributed by atoms with E-state index in [-0.39, 0.29) is 19.6 Å². The molecule has 190 valence electrons. The van der Waals surface area contributed by atoms with Gasteiger partial charge in [0.1, 0.15) is 6.04 Å². The first-order valence-corrected chi connectivity index (χ1v) is 11.9. The average molecular weight is 494 g/mol. The van der Waals surface area contributed by atoms with Crippen molar-refractivity contribution in [2.75, 3.05) is 32.4 Å². The molecule has 0 aliphatic carbocycles. The number of benzene rings is 1. The van der Waals surface area contributed by atoms with Crippen LogP contribution in [0.3, 0.4) is 0 Å².